The molecule has 0 aliphatic heterocycles. The number of benzene rings is 1. The van der Waals surface area contributed by atoms with Crippen molar-refractivity contribution in [1.29, 1.82) is 0 Å². The summed E-state index contributed by atoms with van der Waals surface area (Å²) in [4.78, 5) is 23.9. The van der Waals surface area contributed by atoms with Gasteiger partial charge in [-0.25, -0.2) is 4.39 Å². The van der Waals surface area contributed by atoms with Gasteiger partial charge in [0.1, 0.15) is 18.0 Å². The quantitative estimate of drug-likeness (QED) is 0.868. The molecule has 1 saturated carbocycles. The molecular weight excluding hydrogens is 325 g/mol. The van der Waals surface area contributed by atoms with Crippen LogP contribution in [0.1, 0.15) is 52.9 Å². The van der Waals surface area contributed by atoms with Gasteiger partial charge in [0.25, 0.3) is 5.91 Å². The van der Waals surface area contributed by atoms with Crippen molar-refractivity contribution in [3.05, 3.63) is 58.8 Å². The third-order valence-electron chi connectivity index (χ3n) is 4.80. The average molecular weight is 345 g/mol. The zero-order chi connectivity index (χ0) is 18.0. The Balaban J connectivity index is 1.91. The molecule has 1 aromatic heterocycles. The fraction of sp³-hybridized carbons (Fsp3) is 0.368. The number of hydrogen-bond acceptors (Lipinski definition) is 3. The van der Waals surface area contributed by atoms with Gasteiger partial charge in [0.15, 0.2) is 0 Å². The molecule has 1 aromatic carbocycles. The Morgan fingerprint density at radius 1 is 1.24 bits per heavy atom. The maximum absolute atomic E-state index is 13.3. The summed E-state index contributed by atoms with van der Waals surface area (Å²) in [7, 11) is 0. The summed E-state index contributed by atoms with van der Waals surface area (Å²) >= 11 is 0. The highest BCUT2D eigenvalue weighted by Gasteiger charge is 2.38. The SMILES string of the molecule is Cc1coc(CC(=O)O)c1C(=O)NC1(c2ccc(F)cc2)CCCC1. The number of hydrogen-bond donors (Lipinski definition) is 2. The van der Waals surface area contributed by atoms with Gasteiger partial charge in [-0.3, -0.25) is 9.59 Å². The minimum Gasteiger partial charge on any atom is -0.481 e. The highest BCUT2D eigenvalue weighted by molar-refractivity contribution is 5.98. The summed E-state index contributed by atoms with van der Waals surface area (Å²) in [5, 5.41) is 12.1. The van der Waals surface area contributed by atoms with E-state index in [1.807, 2.05) is 0 Å². The van der Waals surface area contributed by atoms with Crippen LogP contribution < -0.4 is 5.32 Å². The van der Waals surface area contributed by atoms with Crippen molar-refractivity contribution in [2.24, 2.45) is 0 Å². The highest BCUT2D eigenvalue weighted by Crippen LogP contribution is 2.39. The van der Waals surface area contributed by atoms with Crippen molar-refractivity contribution >= 4 is 11.9 Å². The fourth-order valence-electron chi connectivity index (χ4n) is 3.58. The minimum atomic E-state index is -1.06. The third kappa shape index (κ3) is 3.43. The van der Waals surface area contributed by atoms with E-state index in [1.165, 1.54) is 18.4 Å². The molecule has 0 bridgehead atoms. The van der Waals surface area contributed by atoms with Crippen LogP contribution in [0.4, 0.5) is 4.39 Å². The van der Waals surface area contributed by atoms with Crippen molar-refractivity contribution in [2.75, 3.05) is 0 Å². The summed E-state index contributed by atoms with van der Waals surface area (Å²) in [6.07, 6.45) is 4.49. The Morgan fingerprint density at radius 3 is 2.48 bits per heavy atom. The van der Waals surface area contributed by atoms with Gasteiger partial charge in [0.05, 0.1) is 17.4 Å². The molecule has 0 unspecified atom stereocenters. The highest BCUT2D eigenvalue weighted by atomic mass is 19.1. The molecule has 1 aliphatic carbocycles. The maximum Gasteiger partial charge on any atom is 0.311 e. The minimum absolute atomic E-state index is 0.148. The summed E-state index contributed by atoms with van der Waals surface area (Å²) in [6.45, 7) is 1.71. The number of furan rings is 1. The molecule has 25 heavy (non-hydrogen) atoms. The van der Waals surface area contributed by atoms with Crippen LogP contribution >= 0.6 is 0 Å². The number of rotatable bonds is 5. The topological polar surface area (TPSA) is 79.5 Å². The Morgan fingerprint density at radius 2 is 1.88 bits per heavy atom. The Labute approximate surface area is 144 Å². The molecule has 1 aliphatic rings. The molecule has 0 atom stereocenters. The molecule has 132 valence electrons. The molecule has 0 spiro atoms. The van der Waals surface area contributed by atoms with Crippen LogP contribution in [-0.2, 0) is 16.8 Å². The van der Waals surface area contributed by atoms with Gasteiger partial charge >= 0.3 is 5.97 Å². The fourth-order valence-corrected chi connectivity index (χ4v) is 3.58. The predicted molar refractivity (Wildman–Crippen MR) is 88.8 cm³/mol. The van der Waals surface area contributed by atoms with E-state index in [0.29, 0.717) is 5.56 Å². The van der Waals surface area contributed by atoms with Crippen molar-refractivity contribution < 1.29 is 23.5 Å². The molecule has 2 aromatic rings. The van der Waals surface area contributed by atoms with Gasteiger partial charge in [0, 0.05) is 5.56 Å². The molecule has 0 radical (unpaired) electrons. The largest absolute Gasteiger partial charge is 0.481 e. The van der Waals surface area contributed by atoms with E-state index >= 15 is 0 Å². The Bertz CT molecular complexity index is 788. The van der Waals surface area contributed by atoms with Gasteiger partial charge in [-0.05, 0) is 37.5 Å². The normalized spacial score (nSPS) is 15.9. The first-order valence-electron chi connectivity index (χ1n) is 8.28. The van der Waals surface area contributed by atoms with Crippen molar-refractivity contribution in [1.82, 2.24) is 5.32 Å². The zero-order valence-corrected chi connectivity index (χ0v) is 14.0. The molecule has 0 saturated heterocycles. The van der Waals surface area contributed by atoms with E-state index in [4.69, 9.17) is 9.52 Å². The smallest absolute Gasteiger partial charge is 0.311 e. The number of amides is 1. The summed E-state index contributed by atoms with van der Waals surface area (Å²) in [5.41, 5.74) is 1.17. The Kier molecular flexibility index (Phi) is 4.61. The lowest BCUT2D eigenvalue weighted by atomic mass is 9.87. The number of halogens is 1. The second kappa shape index (κ2) is 6.70. The number of nitrogens with one attached hydrogen (secondary N) is 1. The van der Waals surface area contributed by atoms with E-state index in [-0.39, 0.29) is 29.5 Å². The number of aryl methyl sites for hydroxylation is 1. The van der Waals surface area contributed by atoms with Crippen LogP contribution in [0, 0.1) is 12.7 Å². The molecule has 6 heteroatoms. The lowest BCUT2D eigenvalue weighted by Gasteiger charge is -2.31. The van der Waals surface area contributed by atoms with Gasteiger partial charge in [-0.2, -0.15) is 0 Å². The average Bonchev–Trinajstić information content (AvgIpc) is 3.15. The van der Waals surface area contributed by atoms with Crippen LogP contribution in [0.5, 0.6) is 0 Å². The third-order valence-corrected chi connectivity index (χ3v) is 4.80. The maximum atomic E-state index is 13.3. The van der Waals surface area contributed by atoms with E-state index in [1.54, 1.807) is 19.1 Å². The van der Waals surface area contributed by atoms with Gasteiger partial charge in [-0.15, -0.1) is 0 Å². The number of aliphatic carboxylic acids is 1. The van der Waals surface area contributed by atoms with Crippen molar-refractivity contribution in [3.63, 3.8) is 0 Å². The zero-order valence-electron chi connectivity index (χ0n) is 14.0. The standard InChI is InChI=1S/C19H20FNO4/c1-12-11-25-15(10-16(22)23)17(12)18(24)21-19(8-2-3-9-19)13-4-6-14(20)7-5-13/h4-7,11H,2-3,8-10H2,1H3,(H,21,24)(H,22,23). The number of carboxylic acid groups (broad SMARTS) is 1. The summed E-state index contributed by atoms with van der Waals surface area (Å²) in [6, 6.07) is 6.17. The monoisotopic (exact) mass is 345 g/mol. The van der Waals surface area contributed by atoms with Gasteiger partial charge < -0.3 is 14.8 Å². The molecule has 3 rings (SSSR count). The molecule has 1 amide bonds. The van der Waals surface area contributed by atoms with Gasteiger partial charge in [0.2, 0.25) is 0 Å². The predicted octanol–water partition coefficient (Wildman–Crippen LogP) is 3.55. The van der Waals surface area contributed by atoms with Gasteiger partial charge in [-0.1, -0.05) is 25.0 Å². The molecule has 5 nitrogen and oxygen atoms in total. The number of carboxylic acids is 1. The van der Waals surface area contributed by atoms with E-state index in [2.05, 4.69) is 5.32 Å². The van der Waals surface area contributed by atoms with Crippen LogP contribution in [0.2, 0.25) is 0 Å². The lowest BCUT2D eigenvalue weighted by Crippen LogP contribution is -2.44. The summed E-state index contributed by atoms with van der Waals surface area (Å²) in [5.74, 6) is -1.58. The molecule has 1 fully saturated rings. The van der Waals surface area contributed by atoms with E-state index in [0.717, 1.165) is 31.2 Å². The molecule has 1 heterocycles. The van der Waals surface area contributed by atoms with Crippen LogP contribution in [0.3, 0.4) is 0 Å². The van der Waals surface area contributed by atoms with Crippen LogP contribution in [0.15, 0.2) is 34.9 Å². The Hall–Kier alpha value is -2.63. The number of carbonyl (C=O) groups is 2. The first-order chi connectivity index (χ1) is 11.9. The second-order valence-corrected chi connectivity index (χ2v) is 6.54. The van der Waals surface area contributed by atoms with Crippen molar-refractivity contribution in [3.8, 4) is 0 Å². The summed E-state index contributed by atoms with van der Waals surface area (Å²) < 4.78 is 18.5. The van der Waals surface area contributed by atoms with E-state index < -0.39 is 11.5 Å². The second-order valence-electron chi connectivity index (χ2n) is 6.54. The lowest BCUT2D eigenvalue weighted by molar-refractivity contribution is -0.136. The van der Waals surface area contributed by atoms with Crippen LogP contribution in [-0.4, -0.2) is 17.0 Å². The number of carbonyl (C=O) groups excluding carboxylic acids is 1. The molecular formula is C19H20FNO4. The van der Waals surface area contributed by atoms with Crippen molar-refractivity contribution in [2.45, 2.75) is 44.6 Å². The van der Waals surface area contributed by atoms with E-state index in [9.17, 15) is 14.0 Å². The first kappa shape index (κ1) is 17.2. The van der Waals surface area contributed by atoms with Crippen LogP contribution in [0.25, 0.3) is 0 Å². The first-order valence-corrected chi connectivity index (χ1v) is 8.28. The molecule has 2 N–H and O–H groups in total.